The van der Waals surface area contributed by atoms with E-state index in [9.17, 15) is 4.79 Å². The van der Waals surface area contributed by atoms with Gasteiger partial charge in [-0.2, -0.15) is 0 Å². The molecule has 4 nitrogen and oxygen atoms in total. The number of hydrogen-bond donors (Lipinski definition) is 1. The van der Waals surface area contributed by atoms with Crippen molar-refractivity contribution in [2.24, 2.45) is 0 Å². The van der Waals surface area contributed by atoms with E-state index in [4.69, 9.17) is 9.47 Å². The number of para-hydroxylation sites is 2. The highest BCUT2D eigenvalue weighted by Gasteiger charge is 2.38. The zero-order valence-corrected chi connectivity index (χ0v) is 13.5. The fraction of sp³-hybridized carbons (Fsp3) is 0.250. The minimum atomic E-state index is -0.696. The third-order valence-electron chi connectivity index (χ3n) is 4.57. The summed E-state index contributed by atoms with van der Waals surface area (Å²) in [6.45, 7) is 2.55. The van der Waals surface area contributed by atoms with Crippen LogP contribution in [0.2, 0.25) is 0 Å². The summed E-state index contributed by atoms with van der Waals surface area (Å²) in [4.78, 5) is 15.8. The zero-order chi connectivity index (χ0) is 16.6. The van der Waals surface area contributed by atoms with Crippen LogP contribution in [0.1, 0.15) is 24.6 Å². The number of benzene rings is 2. The quantitative estimate of drug-likeness (QED) is 0.587. The molecule has 1 atom stereocenters. The fourth-order valence-electron chi connectivity index (χ4n) is 3.43. The SMILES string of the molecule is CC1(CC(=O)Oc2ccccc2)OCCc2c1[nH]c1ccccc21. The predicted molar refractivity (Wildman–Crippen MR) is 92.0 cm³/mol. The molecule has 4 rings (SSSR count). The molecule has 0 amide bonds. The average Bonchev–Trinajstić information content (AvgIpc) is 2.96. The molecule has 24 heavy (non-hydrogen) atoms. The van der Waals surface area contributed by atoms with Gasteiger partial charge >= 0.3 is 5.97 Å². The van der Waals surface area contributed by atoms with Gasteiger partial charge in [-0.25, -0.2) is 0 Å². The third-order valence-corrected chi connectivity index (χ3v) is 4.57. The van der Waals surface area contributed by atoms with Gasteiger partial charge in [0.05, 0.1) is 18.7 Å². The Hall–Kier alpha value is -2.59. The van der Waals surface area contributed by atoms with Crippen LogP contribution in [0.15, 0.2) is 54.6 Å². The summed E-state index contributed by atoms with van der Waals surface area (Å²) in [6.07, 6.45) is 1.02. The maximum Gasteiger partial charge on any atom is 0.314 e. The summed E-state index contributed by atoms with van der Waals surface area (Å²) in [6, 6.07) is 17.3. The Kier molecular flexibility index (Phi) is 3.62. The highest BCUT2D eigenvalue weighted by atomic mass is 16.5. The Labute approximate surface area is 140 Å². The molecule has 0 saturated heterocycles. The first-order valence-electron chi connectivity index (χ1n) is 8.15. The van der Waals surface area contributed by atoms with Crippen molar-refractivity contribution in [3.8, 4) is 5.75 Å². The van der Waals surface area contributed by atoms with Crippen LogP contribution in [0, 0.1) is 0 Å². The largest absolute Gasteiger partial charge is 0.426 e. The first-order valence-corrected chi connectivity index (χ1v) is 8.15. The van der Waals surface area contributed by atoms with Gasteiger partial charge in [0.1, 0.15) is 11.4 Å². The predicted octanol–water partition coefficient (Wildman–Crippen LogP) is 3.95. The van der Waals surface area contributed by atoms with Gasteiger partial charge in [0.2, 0.25) is 0 Å². The minimum absolute atomic E-state index is 0.168. The van der Waals surface area contributed by atoms with E-state index >= 15 is 0 Å². The van der Waals surface area contributed by atoms with Crippen molar-refractivity contribution in [3.63, 3.8) is 0 Å². The lowest BCUT2D eigenvalue weighted by Crippen LogP contribution is -2.36. The van der Waals surface area contributed by atoms with Crippen molar-refractivity contribution in [2.45, 2.75) is 25.4 Å². The second-order valence-corrected chi connectivity index (χ2v) is 6.32. The molecule has 1 aromatic heterocycles. The van der Waals surface area contributed by atoms with E-state index in [1.807, 2.05) is 37.3 Å². The average molecular weight is 321 g/mol. The van der Waals surface area contributed by atoms with E-state index in [2.05, 4.69) is 17.1 Å². The molecule has 0 radical (unpaired) electrons. The summed E-state index contributed by atoms with van der Waals surface area (Å²) in [7, 11) is 0. The van der Waals surface area contributed by atoms with Gasteiger partial charge in [0, 0.05) is 10.9 Å². The van der Waals surface area contributed by atoms with Crippen molar-refractivity contribution in [3.05, 3.63) is 65.9 Å². The lowest BCUT2D eigenvalue weighted by atomic mass is 9.90. The fourth-order valence-corrected chi connectivity index (χ4v) is 3.43. The number of carbonyl (C=O) groups is 1. The second-order valence-electron chi connectivity index (χ2n) is 6.32. The summed E-state index contributed by atoms with van der Waals surface area (Å²) in [5.41, 5.74) is 2.61. The molecule has 3 aromatic rings. The molecule has 0 fully saturated rings. The first-order chi connectivity index (χ1) is 11.7. The molecule has 1 N–H and O–H groups in total. The monoisotopic (exact) mass is 321 g/mol. The van der Waals surface area contributed by atoms with E-state index in [1.54, 1.807) is 12.1 Å². The van der Waals surface area contributed by atoms with Crippen LogP contribution >= 0.6 is 0 Å². The molecule has 1 aliphatic rings. The van der Waals surface area contributed by atoms with Crippen LogP contribution in [0.3, 0.4) is 0 Å². The van der Waals surface area contributed by atoms with Gasteiger partial charge < -0.3 is 14.5 Å². The maximum atomic E-state index is 12.4. The molecule has 1 unspecified atom stereocenters. The highest BCUT2D eigenvalue weighted by molar-refractivity contribution is 5.85. The Morgan fingerprint density at radius 3 is 2.75 bits per heavy atom. The minimum Gasteiger partial charge on any atom is -0.426 e. The maximum absolute atomic E-state index is 12.4. The number of hydrogen-bond acceptors (Lipinski definition) is 3. The molecule has 0 spiro atoms. The molecule has 2 aromatic carbocycles. The number of fused-ring (bicyclic) bond motifs is 3. The first kappa shape index (κ1) is 15.0. The molecular formula is C20H19NO3. The number of H-pyrrole nitrogens is 1. The Balaban J connectivity index is 1.63. The van der Waals surface area contributed by atoms with Crippen LogP contribution in [-0.2, 0) is 21.6 Å². The van der Waals surface area contributed by atoms with Gasteiger partial charge in [-0.05, 0) is 37.1 Å². The van der Waals surface area contributed by atoms with Crippen molar-refractivity contribution in [1.29, 1.82) is 0 Å². The summed E-state index contributed by atoms with van der Waals surface area (Å²) in [5, 5.41) is 1.21. The number of ether oxygens (including phenoxy) is 2. The zero-order valence-electron chi connectivity index (χ0n) is 13.5. The van der Waals surface area contributed by atoms with E-state index in [1.165, 1.54) is 10.9 Å². The molecule has 0 aliphatic carbocycles. The molecule has 4 heteroatoms. The van der Waals surface area contributed by atoms with Gasteiger partial charge in [-0.15, -0.1) is 0 Å². The van der Waals surface area contributed by atoms with E-state index in [0.29, 0.717) is 12.4 Å². The van der Waals surface area contributed by atoms with Gasteiger partial charge in [0.15, 0.2) is 0 Å². The van der Waals surface area contributed by atoms with Crippen LogP contribution in [0.25, 0.3) is 10.9 Å². The van der Waals surface area contributed by atoms with Gasteiger partial charge in [-0.3, -0.25) is 4.79 Å². The van der Waals surface area contributed by atoms with Crippen molar-refractivity contribution in [2.75, 3.05) is 6.61 Å². The summed E-state index contributed by atoms with van der Waals surface area (Å²) in [5.74, 6) is 0.258. The summed E-state index contributed by atoms with van der Waals surface area (Å²) < 4.78 is 11.4. The molecule has 0 saturated carbocycles. The molecular weight excluding hydrogens is 302 g/mol. The highest BCUT2D eigenvalue weighted by Crippen LogP contribution is 2.39. The number of aromatic amines is 1. The number of carbonyl (C=O) groups excluding carboxylic acids is 1. The molecule has 122 valence electrons. The Morgan fingerprint density at radius 2 is 1.92 bits per heavy atom. The lowest BCUT2D eigenvalue weighted by Gasteiger charge is -2.33. The topological polar surface area (TPSA) is 51.3 Å². The molecule has 2 heterocycles. The standard InChI is InChI=1S/C20H19NO3/c1-20(13-18(22)24-14-7-3-2-4-8-14)19-16(11-12-23-20)15-9-5-6-10-17(15)21-19/h2-10,21H,11-13H2,1H3. The molecule has 0 bridgehead atoms. The smallest absolute Gasteiger partial charge is 0.314 e. The van der Waals surface area contributed by atoms with E-state index in [-0.39, 0.29) is 12.4 Å². The normalized spacial score (nSPS) is 19.9. The molecule has 1 aliphatic heterocycles. The lowest BCUT2D eigenvalue weighted by molar-refractivity contribution is -0.143. The summed E-state index contributed by atoms with van der Waals surface area (Å²) >= 11 is 0. The second kappa shape index (κ2) is 5.80. The van der Waals surface area contributed by atoms with Crippen molar-refractivity contribution in [1.82, 2.24) is 4.98 Å². The van der Waals surface area contributed by atoms with Crippen LogP contribution in [0.5, 0.6) is 5.75 Å². The number of esters is 1. The van der Waals surface area contributed by atoms with Crippen LogP contribution in [0.4, 0.5) is 0 Å². The van der Waals surface area contributed by atoms with Gasteiger partial charge in [0.25, 0.3) is 0 Å². The number of nitrogens with one attached hydrogen (secondary N) is 1. The van der Waals surface area contributed by atoms with Gasteiger partial charge in [-0.1, -0.05) is 36.4 Å². The van der Waals surface area contributed by atoms with Crippen LogP contribution in [-0.4, -0.2) is 17.6 Å². The Morgan fingerprint density at radius 1 is 1.17 bits per heavy atom. The third kappa shape index (κ3) is 2.59. The van der Waals surface area contributed by atoms with E-state index in [0.717, 1.165) is 17.6 Å². The Bertz CT molecular complexity index is 884. The van der Waals surface area contributed by atoms with Crippen molar-refractivity contribution < 1.29 is 14.3 Å². The van der Waals surface area contributed by atoms with Crippen molar-refractivity contribution >= 4 is 16.9 Å². The van der Waals surface area contributed by atoms with E-state index < -0.39 is 5.60 Å². The van der Waals surface area contributed by atoms with Crippen LogP contribution < -0.4 is 4.74 Å². The number of aromatic nitrogens is 1. The number of rotatable bonds is 3.